The topological polar surface area (TPSA) is 20.2 Å². The van der Waals surface area contributed by atoms with Crippen molar-refractivity contribution in [1.82, 2.24) is 0 Å². The molecule has 2 rings (SSSR count). The van der Waals surface area contributed by atoms with Crippen molar-refractivity contribution >= 4 is 0 Å². The van der Waals surface area contributed by atoms with Gasteiger partial charge in [-0.15, -0.1) is 0 Å². The second kappa shape index (κ2) is 2.85. The second-order valence-electron chi connectivity index (χ2n) is 4.28. The SMILES string of the molecule is CC1c2ccccc2CCC1(C)O. The smallest absolute Gasteiger partial charge is 0.0688 e. The normalized spacial score (nSPS) is 32.7. The Labute approximate surface area is 79.4 Å². The summed E-state index contributed by atoms with van der Waals surface area (Å²) in [7, 11) is 0. The fraction of sp³-hybridized carbons (Fsp3) is 0.500. The van der Waals surface area contributed by atoms with Crippen LogP contribution in [-0.2, 0) is 6.42 Å². The van der Waals surface area contributed by atoms with Crippen molar-refractivity contribution < 1.29 is 5.11 Å². The van der Waals surface area contributed by atoms with Gasteiger partial charge in [-0.05, 0) is 30.9 Å². The van der Waals surface area contributed by atoms with E-state index < -0.39 is 5.60 Å². The summed E-state index contributed by atoms with van der Waals surface area (Å²) in [4.78, 5) is 0. The van der Waals surface area contributed by atoms with Gasteiger partial charge in [0.15, 0.2) is 0 Å². The minimum absolute atomic E-state index is 0.262. The number of hydrogen-bond acceptors (Lipinski definition) is 1. The summed E-state index contributed by atoms with van der Waals surface area (Å²) in [5.74, 6) is 0.262. The molecule has 0 radical (unpaired) electrons. The quantitative estimate of drug-likeness (QED) is 0.644. The lowest BCUT2D eigenvalue weighted by Gasteiger charge is -2.36. The van der Waals surface area contributed by atoms with Gasteiger partial charge < -0.3 is 5.11 Å². The Balaban J connectivity index is 2.45. The van der Waals surface area contributed by atoms with Crippen LogP contribution in [0.2, 0.25) is 0 Å². The Morgan fingerprint density at radius 3 is 2.85 bits per heavy atom. The van der Waals surface area contributed by atoms with Crippen LogP contribution in [0.1, 0.15) is 37.3 Å². The van der Waals surface area contributed by atoms with Crippen molar-refractivity contribution in [2.75, 3.05) is 0 Å². The minimum Gasteiger partial charge on any atom is -0.390 e. The molecule has 13 heavy (non-hydrogen) atoms. The Morgan fingerprint density at radius 2 is 2.08 bits per heavy atom. The highest BCUT2D eigenvalue weighted by molar-refractivity contribution is 5.34. The molecule has 2 atom stereocenters. The van der Waals surface area contributed by atoms with Crippen molar-refractivity contribution in [2.45, 2.75) is 38.2 Å². The number of aryl methyl sites for hydroxylation is 1. The standard InChI is InChI=1S/C12H16O/c1-9-11-6-4-3-5-10(11)7-8-12(9,2)13/h3-6,9,13H,7-8H2,1-2H3. The lowest BCUT2D eigenvalue weighted by atomic mass is 9.74. The Bertz CT molecular complexity index is 315. The molecular weight excluding hydrogens is 160 g/mol. The molecule has 0 amide bonds. The maximum Gasteiger partial charge on any atom is 0.0688 e. The summed E-state index contributed by atoms with van der Waals surface area (Å²) in [6.07, 6.45) is 1.89. The van der Waals surface area contributed by atoms with E-state index in [-0.39, 0.29) is 5.92 Å². The monoisotopic (exact) mass is 176 g/mol. The average molecular weight is 176 g/mol. The van der Waals surface area contributed by atoms with Crippen LogP contribution in [0, 0.1) is 0 Å². The molecule has 1 aromatic rings. The lowest BCUT2D eigenvalue weighted by molar-refractivity contribution is 0.0215. The molecule has 0 saturated carbocycles. The van der Waals surface area contributed by atoms with Crippen molar-refractivity contribution in [3.63, 3.8) is 0 Å². The molecular formula is C12H16O. The van der Waals surface area contributed by atoms with Gasteiger partial charge in [-0.2, -0.15) is 0 Å². The second-order valence-corrected chi connectivity index (χ2v) is 4.28. The van der Waals surface area contributed by atoms with Crippen molar-refractivity contribution in [1.29, 1.82) is 0 Å². The largest absolute Gasteiger partial charge is 0.390 e. The summed E-state index contributed by atoms with van der Waals surface area (Å²) < 4.78 is 0. The van der Waals surface area contributed by atoms with Gasteiger partial charge in [0, 0.05) is 5.92 Å². The molecule has 0 heterocycles. The highest BCUT2D eigenvalue weighted by Crippen LogP contribution is 2.38. The third-order valence-electron chi connectivity index (χ3n) is 3.35. The zero-order chi connectivity index (χ0) is 9.47. The van der Waals surface area contributed by atoms with E-state index in [0.29, 0.717) is 0 Å². The number of aliphatic hydroxyl groups is 1. The van der Waals surface area contributed by atoms with Gasteiger partial charge >= 0.3 is 0 Å². The minimum atomic E-state index is -0.519. The van der Waals surface area contributed by atoms with Crippen molar-refractivity contribution in [3.8, 4) is 0 Å². The molecule has 70 valence electrons. The lowest BCUT2D eigenvalue weighted by Crippen LogP contribution is -2.35. The van der Waals surface area contributed by atoms with Crippen molar-refractivity contribution in [3.05, 3.63) is 35.4 Å². The molecule has 0 fully saturated rings. The third-order valence-corrected chi connectivity index (χ3v) is 3.35. The van der Waals surface area contributed by atoms with Crippen LogP contribution >= 0.6 is 0 Å². The summed E-state index contributed by atoms with van der Waals surface area (Å²) in [6, 6.07) is 8.43. The highest BCUT2D eigenvalue weighted by atomic mass is 16.3. The number of benzene rings is 1. The Morgan fingerprint density at radius 1 is 1.38 bits per heavy atom. The fourth-order valence-corrected chi connectivity index (χ4v) is 2.12. The van der Waals surface area contributed by atoms with Gasteiger partial charge in [0.25, 0.3) is 0 Å². The van der Waals surface area contributed by atoms with E-state index >= 15 is 0 Å². The first-order chi connectivity index (χ1) is 6.11. The first-order valence-corrected chi connectivity index (χ1v) is 4.91. The summed E-state index contributed by atoms with van der Waals surface area (Å²) in [5, 5.41) is 10.1. The zero-order valence-electron chi connectivity index (χ0n) is 8.25. The van der Waals surface area contributed by atoms with Gasteiger partial charge in [-0.25, -0.2) is 0 Å². The van der Waals surface area contributed by atoms with Crippen LogP contribution < -0.4 is 0 Å². The molecule has 2 unspecified atom stereocenters. The van der Waals surface area contributed by atoms with Crippen molar-refractivity contribution in [2.24, 2.45) is 0 Å². The molecule has 0 aromatic heterocycles. The van der Waals surface area contributed by atoms with Crippen LogP contribution in [0.4, 0.5) is 0 Å². The van der Waals surface area contributed by atoms with Crippen LogP contribution in [-0.4, -0.2) is 10.7 Å². The Kier molecular flexibility index (Phi) is 1.92. The van der Waals surface area contributed by atoms with E-state index in [4.69, 9.17) is 0 Å². The van der Waals surface area contributed by atoms with E-state index in [9.17, 15) is 5.11 Å². The molecule has 1 aliphatic carbocycles. The molecule has 1 aromatic carbocycles. The summed E-state index contributed by atoms with van der Waals surface area (Å²) >= 11 is 0. The third kappa shape index (κ3) is 1.37. The molecule has 0 saturated heterocycles. The van der Waals surface area contributed by atoms with E-state index in [1.807, 2.05) is 6.92 Å². The van der Waals surface area contributed by atoms with Gasteiger partial charge in [0.1, 0.15) is 0 Å². The van der Waals surface area contributed by atoms with Crippen LogP contribution in [0.3, 0.4) is 0 Å². The number of fused-ring (bicyclic) bond motifs is 1. The highest BCUT2D eigenvalue weighted by Gasteiger charge is 2.34. The van der Waals surface area contributed by atoms with Gasteiger partial charge in [0.2, 0.25) is 0 Å². The van der Waals surface area contributed by atoms with Crippen LogP contribution in [0.15, 0.2) is 24.3 Å². The number of rotatable bonds is 0. The molecule has 1 aliphatic rings. The van der Waals surface area contributed by atoms with E-state index in [2.05, 4.69) is 31.2 Å². The maximum atomic E-state index is 10.1. The molecule has 0 aliphatic heterocycles. The fourth-order valence-electron chi connectivity index (χ4n) is 2.12. The molecule has 1 heteroatoms. The first kappa shape index (κ1) is 8.76. The molecule has 1 nitrogen and oxygen atoms in total. The summed E-state index contributed by atoms with van der Waals surface area (Å²) in [6.45, 7) is 4.05. The number of hydrogen-bond donors (Lipinski definition) is 1. The van der Waals surface area contributed by atoms with E-state index in [1.165, 1.54) is 11.1 Å². The predicted octanol–water partition coefficient (Wildman–Crippen LogP) is 2.49. The molecule has 0 spiro atoms. The average Bonchev–Trinajstić information content (AvgIpc) is 2.13. The molecule has 1 N–H and O–H groups in total. The van der Waals surface area contributed by atoms with Crippen LogP contribution in [0.5, 0.6) is 0 Å². The first-order valence-electron chi connectivity index (χ1n) is 4.91. The molecule has 0 bridgehead atoms. The van der Waals surface area contributed by atoms with Gasteiger partial charge in [-0.3, -0.25) is 0 Å². The van der Waals surface area contributed by atoms with E-state index in [1.54, 1.807) is 0 Å². The van der Waals surface area contributed by atoms with Gasteiger partial charge in [0.05, 0.1) is 5.60 Å². The summed E-state index contributed by atoms with van der Waals surface area (Å²) in [5.41, 5.74) is 2.20. The zero-order valence-corrected chi connectivity index (χ0v) is 8.25. The predicted molar refractivity (Wildman–Crippen MR) is 53.8 cm³/mol. The maximum absolute atomic E-state index is 10.1. The van der Waals surface area contributed by atoms with E-state index in [0.717, 1.165) is 12.8 Å². The van der Waals surface area contributed by atoms with Crippen LogP contribution in [0.25, 0.3) is 0 Å². The van der Waals surface area contributed by atoms with Gasteiger partial charge in [-0.1, -0.05) is 31.2 Å². The Hall–Kier alpha value is -0.820.